The second-order valence-electron chi connectivity index (χ2n) is 5.07. The van der Waals surface area contributed by atoms with Crippen molar-refractivity contribution in [1.82, 2.24) is 5.32 Å². The van der Waals surface area contributed by atoms with Gasteiger partial charge in [-0.1, -0.05) is 24.3 Å². The Morgan fingerprint density at radius 1 is 1.28 bits per heavy atom. The van der Waals surface area contributed by atoms with Gasteiger partial charge in [-0.15, -0.1) is 5.75 Å². The minimum absolute atomic E-state index is 0.0865. The van der Waals surface area contributed by atoms with Gasteiger partial charge in [0.2, 0.25) is 5.91 Å². The number of non-ortho nitro benzene ring substituents is 1. The average molecular weight is 341 g/mol. The molecule has 0 fully saturated rings. The van der Waals surface area contributed by atoms with Crippen molar-refractivity contribution in [3.8, 4) is 11.5 Å². The van der Waals surface area contributed by atoms with Gasteiger partial charge in [-0.05, 0) is 24.6 Å². The molecule has 0 saturated heterocycles. The molecule has 25 heavy (non-hydrogen) atoms. The first kappa shape index (κ1) is 18.0. The highest BCUT2D eigenvalue weighted by atomic mass is 16.6. The van der Waals surface area contributed by atoms with Gasteiger partial charge in [0.1, 0.15) is 5.75 Å². The Hall–Kier alpha value is -3.35. The average Bonchev–Trinajstić information content (AvgIpc) is 2.60. The lowest BCUT2D eigenvalue weighted by atomic mass is 10.1. The lowest BCUT2D eigenvalue weighted by molar-refractivity contribution is -0.385. The summed E-state index contributed by atoms with van der Waals surface area (Å²) in [6, 6.07) is 10.7. The molecule has 0 aliphatic heterocycles. The van der Waals surface area contributed by atoms with Crippen LogP contribution in [0.4, 0.5) is 5.69 Å². The van der Waals surface area contributed by atoms with Gasteiger partial charge in [0.25, 0.3) is 5.69 Å². The maximum atomic E-state index is 11.9. The smallest absolute Gasteiger partial charge is 0.269 e. The molecule has 0 unspecified atom stereocenters. The molecule has 0 saturated carbocycles. The van der Waals surface area contributed by atoms with Crippen LogP contribution in [0.3, 0.4) is 0 Å². The molecule has 1 N–H and O–H groups in total. The van der Waals surface area contributed by atoms with E-state index in [0.717, 1.165) is 23.8 Å². The number of carbonyl (C=O) groups is 1. The van der Waals surface area contributed by atoms with E-state index in [1.54, 1.807) is 12.1 Å². The van der Waals surface area contributed by atoms with Gasteiger partial charge in [0.05, 0.1) is 11.5 Å². The number of nitro groups is 1. The van der Waals surface area contributed by atoms with Crippen LogP contribution in [0, 0.1) is 10.1 Å². The highest BCUT2D eigenvalue weighted by Crippen LogP contribution is 2.21. The Balaban J connectivity index is 2.02. The molecular weight excluding hydrogens is 324 g/mol. The summed E-state index contributed by atoms with van der Waals surface area (Å²) in [5.41, 5.74) is 0.718. The Bertz CT molecular complexity index is 802. The number of hydrogen-bond donors (Lipinski definition) is 1. The zero-order valence-corrected chi connectivity index (χ0v) is 13.6. The molecule has 0 atom stereocenters. The molecule has 0 spiro atoms. The van der Waals surface area contributed by atoms with E-state index in [2.05, 4.69) is 5.32 Å². The number of para-hydroxylation sites is 1. The number of nitro benzene ring substituents is 1. The summed E-state index contributed by atoms with van der Waals surface area (Å²) in [6.07, 6.45) is 2.92. The fraction of sp³-hybridized carbons (Fsp3) is 0.167. The SMILES string of the molecule is CCOc1ccccc1/C=C/C(=O)NCc1cc([N+](=O)[O-])ccc1[O-]. The van der Waals surface area contributed by atoms with Crippen molar-refractivity contribution in [3.63, 3.8) is 0 Å². The normalized spacial score (nSPS) is 10.6. The number of amides is 1. The van der Waals surface area contributed by atoms with Crippen molar-refractivity contribution in [2.45, 2.75) is 13.5 Å². The molecule has 2 aromatic carbocycles. The van der Waals surface area contributed by atoms with Gasteiger partial charge in [-0.2, -0.15) is 0 Å². The fourth-order valence-corrected chi connectivity index (χ4v) is 2.13. The lowest BCUT2D eigenvalue weighted by Crippen LogP contribution is -2.21. The van der Waals surface area contributed by atoms with Crippen LogP contribution in [0.25, 0.3) is 6.08 Å². The second kappa shape index (κ2) is 8.49. The molecule has 130 valence electrons. The van der Waals surface area contributed by atoms with Crippen LogP contribution < -0.4 is 15.2 Å². The predicted molar refractivity (Wildman–Crippen MR) is 91.0 cm³/mol. The quantitative estimate of drug-likeness (QED) is 0.473. The third kappa shape index (κ3) is 5.07. The van der Waals surface area contributed by atoms with Crippen LogP contribution in [-0.4, -0.2) is 17.4 Å². The summed E-state index contributed by atoms with van der Waals surface area (Å²) >= 11 is 0. The summed E-state index contributed by atoms with van der Waals surface area (Å²) in [5, 5.41) is 25.0. The summed E-state index contributed by atoms with van der Waals surface area (Å²) in [5.74, 6) is -0.122. The molecule has 0 aliphatic carbocycles. The van der Waals surface area contributed by atoms with Crippen molar-refractivity contribution in [1.29, 1.82) is 0 Å². The van der Waals surface area contributed by atoms with Crippen molar-refractivity contribution < 1.29 is 19.6 Å². The number of carbonyl (C=O) groups excluding carboxylic acids is 1. The van der Waals surface area contributed by atoms with Crippen LogP contribution in [0.1, 0.15) is 18.1 Å². The lowest BCUT2D eigenvalue weighted by Gasteiger charge is -2.13. The number of hydrogen-bond acceptors (Lipinski definition) is 5. The number of benzene rings is 2. The highest BCUT2D eigenvalue weighted by molar-refractivity contribution is 5.92. The largest absolute Gasteiger partial charge is 0.872 e. The van der Waals surface area contributed by atoms with E-state index in [1.165, 1.54) is 6.08 Å². The fourth-order valence-electron chi connectivity index (χ4n) is 2.13. The zero-order chi connectivity index (χ0) is 18.2. The molecule has 7 heteroatoms. The van der Waals surface area contributed by atoms with E-state index < -0.39 is 10.8 Å². The van der Waals surface area contributed by atoms with Crippen LogP contribution in [0.2, 0.25) is 0 Å². The third-order valence-corrected chi connectivity index (χ3v) is 3.34. The van der Waals surface area contributed by atoms with E-state index in [9.17, 15) is 20.0 Å². The standard InChI is InChI=1S/C18H18N2O5/c1-2-25-17-6-4-3-5-13(17)7-10-18(22)19-12-14-11-15(20(23)24)8-9-16(14)21/h3-11,21H,2,12H2,1H3,(H,19,22)/p-1/b10-7+. The molecule has 1 amide bonds. The molecule has 2 rings (SSSR count). The third-order valence-electron chi connectivity index (χ3n) is 3.34. The van der Waals surface area contributed by atoms with E-state index >= 15 is 0 Å². The number of nitrogens with one attached hydrogen (secondary N) is 1. The first-order chi connectivity index (χ1) is 12.0. The zero-order valence-electron chi connectivity index (χ0n) is 13.6. The summed E-state index contributed by atoms with van der Waals surface area (Å²) in [7, 11) is 0. The van der Waals surface area contributed by atoms with Crippen LogP contribution in [0.5, 0.6) is 11.5 Å². The minimum atomic E-state index is -0.588. The van der Waals surface area contributed by atoms with Gasteiger partial charge in [-0.25, -0.2) is 0 Å². The predicted octanol–water partition coefficient (Wildman–Crippen LogP) is 2.40. The number of nitrogens with zero attached hydrogens (tertiary/aromatic N) is 1. The highest BCUT2D eigenvalue weighted by Gasteiger charge is 2.07. The first-order valence-electron chi connectivity index (χ1n) is 7.63. The number of rotatable bonds is 7. The maximum absolute atomic E-state index is 11.9. The van der Waals surface area contributed by atoms with Gasteiger partial charge in [0.15, 0.2) is 0 Å². The van der Waals surface area contributed by atoms with Gasteiger partial charge < -0.3 is 15.2 Å². The molecular formula is C18H17N2O5-. The van der Waals surface area contributed by atoms with E-state index in [0.29, 0.717) is 12.4 Å². The topological polar surface area (TPSA) is 105 Å². The first-order valence-corrected chi connectivity index (χ1v) is 7.63. The van der Waals surface area contributed by atoms with Crippen molar-refractivity contribution in [3.05, 3.63) is 69.8 Å². The summed E-state index contributed by atoms with van der Waals surface area (Å²) < 4.78 is 5.46. The van der Waals surface area contributed by atoms with Crippen LogP contribution in [0.15, 0.2) is 48.5 Å². The summed E-state index contributed by atoms with van der Waals surface area (Å²) in [6.45, 7) is 2.29. The minimum Gasteiger partial charge on any atom is -0.872 e. The van der Waals surface area contributed by atoms with Crippen molar-refractivity contribution >= 4 is 17.7 Å². The maximum Gasteiger partial charge on any atom is 0.269 e. The van der Waals surface area contributed by atoms with Crippen LogP contribution in [-0.2, 0) is 11.3 Å². The molecule has 2 aromatic rings. The van der Waals surface area contributed by atoms with Crippen molar-refractivity contribution in [2.75, 3.05) is 6.61 Å². The summed E-state index contributed by atoms with van der Waals surface area (Å²) in [4.78, 5) is 22.1. The Labute approximate surface area is 144 Å². The molecule has 0 aliphatic rings. The van der Waals surface area contributed by atoms with Crippen LogP contribution >= 0.6 is 0 Å². The van der Waals surface area contributed by atoms with Gasteiger partial charge in [0, 0.05) is 30.3 Å². The molecule has 0 heterocycles. The van der Waals surface area contributed by atoms with Crippen molar-refractivity contribution in [2.24, 2.45) is 0 Å². The Morgan fingerprint density at radius 3 is 2.76 bits per heavy atom. The molecule has 7 nitrogen and oxygen atoms in total. The monoisotopic (exact) mass is 341 g/mol. The molecule has 0 radical (unpaired) electrons. The number of ether oxygens (including phenoxy) is 1. The molecule has 0 bridgehead atoms. The van der Waals surface area contributed by atoms with Gasteiger partial charge in [-0.3, -0.25) is 14.9 Å². The molecule has 0 aromatic heterocycles. The van der Waals surface area contributed by atoms with Gasteiger partial charge >= 0.3 is 0 Å². The van der Waals surface area contributed by atoms with E-state index in [1.807, 2.05) is 25.1 Å². The Kier molecular flexibility index (Phi) is 6.11. The second-order valence-corrected chi connectivity index (χ2v) is 5.07. The Morgan fingerprint density at radius 2 is 2.04 bits per heavy atom. The van der Waals surface area contributed by atoms with E-state index in [-0.39, 0.29) is 23.5 Å². The van der Waals surface area contributed by atoms with E-state index in [4.69, 9.17) is 4.74 Å².